The zero-order valence-electron chi connectivity index (χ0n) is 17.4. The van der Waals surface area contributed by atoms with Crippen molar-refractivity contribution in [2.75, 3.05) is 37.7 Å². The summed E-state index contributed by atoms with van der Waals surface area (Å²) in [6, 6.07) is 13.0. The van der Waals surface area contributed by atoms with E-state index in [2.05, 4.69) is 18.7 Å². The minimum atomic E-state index is -0.716. The molecule has 2 aromatic carbocycles. The summed E-state index contributed by atoms with van der Waals surface area (Å²) in [7, 11) is 0. The number of rotatable bonds is 7. The molecule has 1 amide bonds. The van der Waals surface area contributed by atoms with Crippen LogP contribution in [-0.2, 0) is 4.79 Å². The van der Waals surface area contributed by atoms with E-state index in [4.69, 9.17) is 26.1 Å². The van der Waals surface area contributed by atoms with Crippen molar-refractivity contribution in [3.8, 4) is 11.5 Å². The Labute approximate surface area is 197 Å². The van der Waals surface area contributed by atoms with Crippen LogP contribution in [0.1, 0.15) is 13.8 Å². The monoisotopic (exact) mass is 481 g/mol. The Morgan fingerprint density at radius 3 is 2.65 bits per heavy atom. The molecule has 2 heterocycles. The van der Waals surface area contributed by atoms with Gasteiger partial charge in [-0.1, -0.05) is 48.9 Å². The van der Waals surface area contributed by atoms with E-state index in [-0.39, 0.29) is 24.9 Å². The van der Waals surface area contributed by atoms with Crippen LogP contribution in [-0.4, -0.2) is 54.7 Å². The van der Waals surface area contributed by atoms with Gasteiger partial charge in [-0.2, -0.15) is 0 Å². The van der Waals surface area contributed by atoms with Crippen LogP contribution in [0.2, 0.25) is 5.02 Å². The standard InChI is InChI=1S/C22H24ClN3O3S.ClH/c1-3-25(4-2)11-12-26(22-24-16-10-9-15(23)13-20(16)30-22)21(27)19-14-28-17-7-5-6-8-18(17)29-19;/h5-10,13,19H,3-4,11-12,14H2,1-2H3;1H. The molecule has 166 valence electrons. The Morgan fingerprint density at radius 1 is 1.16 bits per heavy atom. The average molecular weight is 482 g/mol. The third kappa shape index (κ3) is 5.23. The van der Waals surface area contributed by atoms with Gasteiger partial charge in [-0.15, -0.1) is 12.4 Å². The van der Waals surface area contributed by atoms with Crippen molar-refractivity contribution in [3.63, 3.8) is 0 Å². The number of nitrogens with zero attached hydrogens (tertiary/aromatic N) is 3. The van der Waals surface area contributed by atoms with Crippen LogP contribution in [0.25, 0.3) is 10.2 Å². The summed E-state index contributed by atoms with van der Waals surface area (Å²) in [6.07, 6.45) is -0.716. The Balaban J connectivity index is 0.00000272. The first-order valence-corrected chi connectivity index (χ1v) is 11.3. The highest BCUT2D eigenvalue weighted by Crippen LogP contribution is 2.34. The van der Waals surface area contributed by atoms with Gasteiger partial charge in [-0.3, -0.25) is 9.69 Å². The molecule has 0 radical (unpaired) electrons. The minimum Gasteiger partial charge on any atom is -0.485 e. The van der Waals surface area contributed by atoms with E-state index in [9.17, 15) is 4.79 Å². The molecule has 3 aromatic rings. The number of hydrogen-bond acceptors (Lipinski definition) is 6. The van der Waals surface area contributed by atoms with E-state index in [1.165, 1.54) is 11.3 Å². The highest BCUT2D eigenvalue weighted by Gasteiger charge is 2.33. The Bertz CT molecular complexity index is 1040. The predicted molar refractivity (Wildman–Crippen MR) is 128 cm³/mol. The quantitative estimate of drug-likeness (QED) is 0.480. The van der Waals surface area contributed by atoms with E-state index < -0.39 is 6.10 Å². The van der Waals surface area contributed by atoms with Gasteiger partial charge in [0.05, 0.1) is 10.2 Å². The molecule has 1 atom stereocenters. The number of amides is 1. The third-order valence-electron chi connectivity index (χ3n) is 5.15. The van der Waals surface area contributed by atoms with Crippen LogP contribution in [0.4, 0.5) is 5.13 Å². The van der Waals surface area contributed by atoms with Crippen molar-refractivity contribution >= 4 is 56.6 Å². The van der Waals surface area contributed by atoms with E-state index in [1.807, 2.05) is 42.5 Å². The van der Waals surface area contributed by atoms with Crippen molar-refractivity contribution < 1.29 is 14.3 Å². The van der Waals surface area contributed by atoms with E-state index >= 15 is 0 Å². The highest BCUT2D eigenvalue weighted by molar-refractivity contribution is 7.22. The molecule has 31 heavy (non-hydrogen) atoms. The lowest BCUT2D eigenvalue weighted by Gasteiger charge is -2.30. The smallest absolute Gasteiger partial charge is 0.273 e. The minimum absolute atomic E-state index is 0. The molecule has 4 rings (SSSR count). The zero-order chi connectivity index (χ0) is 21.1. The summed E-state index contributed by atoms with van der Waals surface area (Å²) in [5, 5.41) is 1.30. The third-order valence-corrected chi connectivity index (χ3v) is 6.43. The van der Waals surface area contributed by atoms with Crippen LogP contribution in [0.15, 0.2) is 42.5 Å². The normalized spacial score (nSPS) is 15.0. The highest BCUT2D eigenvalue weighted by atomic mass is 35.5. The summed E-state index contributed by atoms with van der Waals surface area (Å²) < 4.78 is 12.7. The number of hydrogen-bond donors (Lipinski definition) is 0. The van der Waals surface area contributed by atoms with Crippen molar-refractivity contribution in [3.05, 3.63) is 47.5 Å². The SMILES string of the molecule is CCN(CC)CCN(C(=O)C1COc2ccccc2O1)c1nc2ccc(Cl)cc2s1.Cl. The molecule has 6 nitrogen and oxygen atoms in total. The molecule has 0 aliphatic carbocycles. The average Bonchev–Trinajstić information content (AvgIpc) is 3.18. The van der Waals surface area contributed by atoms with Crippen LogP contribution in [0.3, 0.4) is 0 Å². The molecule has 0 spiro atoms. The molecule has 0 bridgehead atoms. The van der Waals surface area contributed by atoms with E-state index in [0.29, 0.717) is 28.2 Å². The summed E-state index contributed by atoms with van der Waals surface area (Å²) >= 11 is 7.59. The van der Waals surface area contributed by atoms with Crippen LogP contribution in [0.5, 0.6) is 11.5 Å². The number of carbonyl (C=O) groups excluding carboxylic acids is 1. The molecule has 0 N–H and O–H groups in total. The fourth-order valence-electron chi connectivity index (χ4n) is 3.40. The maximum atomic E-state index is 13.5. The summed E-state index contributed by atoms with van der Waals surface area (Å²) in [6.45, 7) is 7.52. The molecule has 1 aromatic heterocycles. The number of benzene rings is 2. The number of ether oxygens (including phenoxy) is 2. The molecule has 1 unspecified atom stereocenters. The van der Waals surface area contributed by atoms with E-state index in [1.54, 1.807) is 4.90 Å². The number of para-hydroxylation sites is 2. The van der Waals surface area contributed by atoms with Crippen molar-refractivity contribution in [2.24, 2.45) is 0 Å². The Hall–Kier alpha value is -2.06. The molecule has 0 saturated heterocycles. The summed E-state index contributed by atoms with van der Waals surface area (Å²) in [5.41, 5.74) is 0.825. The van der Waals surface area contributed by atoms with Gasteiger partial charge in [0.1, 0.15) is 6.61 Å². The van der Waals surface area contributed by atoms with E-state index in [0.717, 1.165) is 29.9 Å². The maximum Gasteiger partial charge on any atom is 0.273 e. The molecule has 0 fully saturated rings. The maximum absolute atomic E-state index is 13.5. The van der Waals surface area contributed by atoms with Crippen molar-refractivity contribution in [1.82, 2.24) is 9.88 Å². The molecular weight excluding hydrogens is 457 g/mol. The molecule has 0 saturated carbocycles. The lowest BCUT2D eigenvalue weighted by Crippen LogP contribution is -2.48. The number of carbonyl (C=O) groups is 1. The van der Waals surface area contributed by atoms with Crippen LogP contribution in [0, 0.1) is 0 Å². The number of likely N-dealkylation sites (N-methyl/N-ethyl adjacent to an activating group) is 1. The second-order valence-corrected chi connectivity index (χ2v) is 8.44. The van der Waals surface area contributed by atoms with Gasteiger partial charge in [-0.25, -0.2) is 4.98 Å². The molecule has 9 heteroatoms. The number of aromatic nitrogens is 1. The first-order valence-electron chi connectivity index (χ1n) is 10.1. The van der Waals surface area contributed by atoms with Gasteiger partial charge >= 0.3 is 0 Å². The van der Waals surface area contributed by atoms with Crippen molar-refractivity contribution in [2.45, 2.75) is 20.0 Å². The number of fused-ring (bicyclic) bond motifs is 2. The second-order valence-electron chi connectivity index (χ2n) is 6.99. The van der Waals surface area contributed by atoms with Gasteiger partial charge in [-0.05, 0) is 43.4 Å². The summed E-state index contributed by atoms with van der Waals surface area (Å²) in [4.78, 5) is 22.2. The fraction of sp³-hybridized carbons (Fsp3) is 0.364. The van der Waals surface area contributed by atoms with Gasteiger partial charge in [0.15, 0.2) is 16.6 Å². The predicted octanol–water partition coefficient (Wildman–Crippen LogP) is 4.89. The molecule has 1 aliphatic heterocycles. The Kier molecular flexibility index (Phi) is 8.00. The van der Waals surface area contributed by atoms with Gasteiger partial charge in [0, 0.05) is 18.1 Å². The van der Waals surface area contributed by atoms with Gasteiger partial charge in [0.25, 0.3) is 5.91 Å². The van der Waals surface area contributed by atoms with Crippen molar-refractivity contribution in [1.29, 1.82) is 0 Å². The van der Waals surface area contributed by atoms with Crippen LogP contribution < -0.4 is 14.4 Å². The van der Waals surface area contributed by atoms with Gasteiger partial charge < -0.3 is 14.4 Å². The number of thiazole rings is 1. The molecular formula is C22H25Cl2N3O3S. The second kappa shape index (κ2) is 10.5. The fourth-order valence-corrected chi connectivity index (χ4v) is 4.67. The number of anilines is 1. The largest absolute Gasteiger partial charge is 0.485 e. The first-order chi connectivity index (χ1) is 14.6. The lowest BCUT2D eigenvalue weighted by molar-refractivity contribution is -0.127. The summed E-state index contributed by atoms with van der Waals surface area (Å²) in [5.74, 6) is 1.09. The lowest BCUT2D eigenvalue weighted by atomic mass is 10.2. The topological polar surface area (TPSA) is 54.9 Å². The van der Waals surface area contributed by atoms with Crippen LogP contribution >= 0.6 is 35.3 Å². The first kappa shape index (κ1) is 23.6. The molecule has 1 aliphatic rings. The zero-order valence-corrected chi connectivity index (χ0v) is 19.8. The Morgan fingerprint density at radius 2 is 1.90 bits per heavy atom. The van der Waals surface area contributed by atoms with Gasteiger partial charge in [0.2, 0.25) is 6.10 Å². The number of halogens is 2.